The SMILES string of the molecule is CC(C)c1ccc(CC(N)CCC2CCCCO2)cc1. The summed E-state index contributed by atoms with van der Waals surface area (Å²) >= 11 is 0. The van der Waals surface area contributed by atoms with E-state index in [-0.39, 0.29) is 6.04 Å². The number of hydrogen-bond donors (Lipinski definition) is 1. The smallest absolute Gasteiger partial charge is 0.0575 e. The lowest BCUT2D eigenvalue weighted by Gasteiger charge is -2.23. The maximum atomic E-state index is 6.27. The highest BCUT2D eigenvalue weighted by Crippen LogP contribution is 2.19. The van der Waals surface area contributed by atoms with Gasteiger partial charge in [0.25, 0.3) is 0 Å². The molecule has 0 aliphatic carbocycles. The van der Waals surface area contributed by atoms with Crippen LogP contribution in [0.5, 0.6) is 0 Å². The summed E-state index contributed by atoms with van der Waals surface area (Å²) in [6.45, 7) is 5.40. The van der Waals surface area contributed by atoms with Gasteiger partial charge in [0, 0.05) is 12.6 Å². The average molecular weight is 275 g/mol. The van der Waals surface area contributed by atoms with Crippen LogP contribution in [0.15, 0.2) is 24.3 Å². The van der Waals surface area contributed by atoms with E-state index >= 15 is 0 Å². The third-order valence-corrected chi connectivity index (χ3v) is 4.28. The van der Waals surface area contributed by atoms with E-state index in [1.807, 2.05) is 0 Å². The highest BCUT2D eigenvalue weighted by Gasteiger charge is 2.15. The van der Waals surface area contributed by atoms with E-state index in [9.17, 15) is 0 Å². The van der Waals surface area contributed by atoms with Crippen molar-refractivity contribution in [3.8, 4) is 0 Å². The zero-order valence-electron chi connectivity index (χ0n) is 13.0. The number of benzene rings is 1. The lowest BCUT2D eigenvalue weighted by molar-refractivity contribution is 0.00915. The van der Waals surface area contributed by atoms with Crippen molar-refractivity contribution in [3.63, 3.8) is 0 Å². The fraction of sp³-hybridized carbons (Fsp3) is 0.667. The standard InChI is InChI=1S/C18H29NO/c1-14(2)16-8-6-15(7-9-16)13-17(19)10-11-18-5-3-4-12-20-18/h6-9,14,17-18H,3-5,10-13,19H2,1-2H3. The van der Waals surface area contributed by atoms with Gasteiger partial charge < -0.3 is 10.5 Å². The molecule has 2 rings (SSSR count). The minimum absolute atomic E-state index is 0.255. The lowest BCUT2D eigenvalue weighted by atomic mass is 9.96. The van der Waals surface area contributed by atoms with Gasteiger partial charge in [-0.3, -0.25) is 0 Å². The summed E-state index contributed by atoms with van der Waals surface area (Å²) in [5, 5.41) is 0. The molecule has 1 aromatic carbocycles. The molecule has 0 amide bonds. The molecule has 1 heterocycles. The van der Waals surface area contributed by atoms with E-state index in [0.717, 1.165) is 25.9 Å². The van der Waals surface area contributed by atoms with Crippen molar-refractivity contribution in [2.24, 2.45) is 5.73 Å². The summed E-state index contributed by atoms with van der Waals surface area (Å²) in [5.74, 6) is 0.598. The van der Waals surface area contributed by atoms with Gasteiger partial charge in [0.1, 0.15) is 0 Å². The van der Waals surface area contributed by atoms with Crippen molar-refractivity contribution in [2.45, 2.75) is 70.4 Å². The number of ether oxygens (including phenoxy) is 1. The molecule has 20 heavy (non-hydrogen) atoms. The van der Waals surface area contributed by atoms with Crippen LogP contribution < -0.4 is 5.73 Å². The van der Waals surface area contributed by atoms with Crippen molar-refractivity contribution < 1.29 is 4.74 Å². The molecule has 0 aromatic heterocycles. The van der Waals surface area contributed by atoms with Crippen LogP contribution in [0.2, 0.25) is 0 Å². The van der Waals surface area contributed by atoms with Crippen molar-refractivity contribution in [1.29, 1.82) is 0 Å². The molecule has 0 bridgehead atoms. The van der Waals surface area contributed by atoms with E-state index in [0.29, 0.717) is 12.0 Å². The molecular formula is C18H29NO. The molecule has 1 aliphatic rings. The topological polar surface area (TPSA) is 35.2 Å². The molecule has 2 atom stereocenters. The predicted octanol–water partition coefficient (Wildman–Crippen LogP) is 4.03. The Labute approximate surface area is 123 Å². The first-order valence-electron chi connectivity index (χ1n) is 8.11. The zero-order valence-corrected chi connectivity index (χ0v) is 13.0. The third kappa shape index (κ3) is 4.92. The summed E-state index contributed by atoms with van der Waals surface area (Å²) in [6, 6.07) is 9.18. The quantitative estimate of drug-likeness (QED) is 0.850. The molecule has 112 valence electrons. The van der Waals surface area contributed by atoms with Gasteiger partial charge in [-0.15, -0.1) is 0 Å². The number of rotatable bonds is 6. The van der Waals surface area contributed by atoms with E-state index in [1.54, 1.807) is 0 Å². The highest BCUT2D eigenvalue weighted by atomic mass is 16.5. The maximum absolute atomic E-state index is 6.27. The van der Waals surface area contributed by atoms with Gasteiger partial charge in [0.05, 0.1) is 6.10 Å². The van der Waals surface area contributed by atoms with Gasteiger partial charge in [0.2, 0.25) is 0 Å². The van der Waals surface area contributed by atoms with Crippen LogP contribution in [-0.4, -0.2) is 18.8 Å². The fourth-order valence-electron chi connectivity index (χ4n) is 2.88. The van der Waals surface area contributed by atoms with Crippen LogP contribution in [0, 0.1) is 0 Å². The summed E-state index contributed by atoms with van der Waals surface area (Å²) in [6.07, 6.45) is 7.38. The second-order valence-electron chi connectivity index (χ2n) is 6.43. The Kier molecular flexibility index (Phi) is 6.06. The Hall–Kier alpha value is -0.860. The first kappa shape index (κ1) is 15.5. The molecule has 1 fully saturated rings. The second kappa shape index (κ2) is 7.80. The Balaban J connectivity index is 1.74. The molecule has 2 heteroatoms. The normalized spacial score (nSPS) is 21.1. The monoisotopic (exact) mass is 275 g/mol. The van der Waals surface area contributed by atoms with E-state index in [4.69, 9.17) is 10.5 Å². The van der Waals surface area contributed by atoms with Crippen LogP contribution in [0.25, 0.3) is 0 Å². The van der Waals surface area contributed by atoms with Crippen molar-refractivity contribution in [2.75, 3.05) is 6.61 Å². The van der Waals surface area contributed by atoms with Gasteiger partial charge in [-0.2, -0.15) is 0 Å². The Morgan fingerprint density at radius 3 is 2.55 bits per heavy atom. The molecule has 0 spiro atoms. The van der Waals surface area contributed by atoms with Crippen LogP contribution >= 0.6 is 0 Å². The molecule has 1 aliphatic heterocycles. The summed E-state index contributed by atoms with van der Waals surface area (Å²) in [7, 11) is 0. The largest absolute Gasteiger partial charge is 0.378 e. The fourth-order valence-corrected chi connectivity index (χ4v) is 2.88. The van der Waals surface area contributed by atoms with E-state index < -0.39 is 0 Å². The molecule has 1 aromatic rings. The van der Waals surface area contributed by atoms with Gasteiger partial charge in [-0.05, 0) is 55.6 Å². The third-order valence-electron chi connectivity index (χ3n) is 4.28. The zero-order chi connectivity index (χ0) is 14.4. The molecule has 1 saturated heterocycles. The van der Waals surface area contributed by atoms with Crippen LogP contribution in [-0.2, 0) is 11.2 Å². The van der Waals surface area contributed by atoms with Gasteiger partial charge in [-0.1, -0.05) is 38.1 Å². The summed E-state index contributed by atoms with van der Waals surface area (Å²) in [4.78, 5) is 0. The summed E-state index contributed by atoms with van der Waals surface area (Å²) in [5.41, 5.74) is 9.02. The van der Waals surface area contributed by atoms with Crippen LogP contribution in [0.4, 0.5) is 0 Å². The van der Waals surface area contributed by atoms with Gasteiger partial charge in [-0.25, -0.2) is 0 Å². The maximum Gasteiger partial charge on any atom is 0.0575 e. The molecule has 0 radical (unpaired) electrons. The molecule has 0 saturated carbocycles. The summed E-state index contributed by atoms with van der Waals surface area (Å²) < 4.78 is 5.77. The first-order chi connectivity index (χ1) is 9.65. The Bertz CT molecular complexity index is 379. The minimum Gasteiger partial charge on any atom is -0.378 e. The molecule has 2 unspecified atom stereocenters. The average Bonchev–Trinajstić information content (AvgIpc) is 2.47. The van der Waals surface area contributed by atoms with Crippen LogP contribution in [0.1, 0.15) is 63.0 Å². The van der Waals surface area contributed by atoms with Crippen molar-refractivity contribution in [1.82, 2.24) is 0 Å². The minimum atomic E-state index is 0.255. The van der Waals surface area contributed by atoms with Crippen LogP contribution in [0.3, 0.4) is 0 Å². The van der Waals surface area contributed by atoms with E-state index in [1.165, 1.54) is 30.4 Å². The van der Waals surface area contributed by atoms with Crippen molar-refractivity contribution >= 4 is 0 Å². The van der Waals surface area contributed by atoms with Crippen molar-refractivity contribution in [3.05, 3.63) is 35.4 Å². The highest BCUT2D eigenvalue weighted by molar-refractivity contribution is 5.25. The van der Waals surface area contributed by atoms with E-state index in [2.05, 4.69) is 38.1 Å². The predicted molar refractivity (Wildman–Crippen MR) is 85.0 cm³/mol. The van der Waals surface area contributed by atoms with Gasteiger partial charge in [0.15, 0.2) is 0 Å². The second-order valence-corrected chi connectivity index (χ2v) is 6.43. The first-order valence-corrected chi connectivity index (χ1v) is 8.11. The molecule has 2 N–H and O–H groups in total. The molecular weight excluding hydrogens is 246 g/mol. The Morgan fingerprint density at radius 2 is 1.95 bits per heavy atom. The van der Waals surface area contributed by atoms with Gasteiger partial charge >= 0.3 is 0 Å². The number of hydrogen-bond acceptors (Lipinski definition) is 2. The Morgan fingerprint density at radius 1 is 1.20 bits per heavy atom. The number of nitrogens with two attached hydrogens (primary N) is 1. The lowest BCUT2D eigenvalue weighted by Crippen LogP contribution is -2.27. The molecule has 2 nitrogen and oxygen atoms in total.